The van der Waals surface area contributed by atoms with Crippen LogP contribution in [0.1, 0.15) is 25.1 Å². The standard InChI is InChI=1S/C15H22N4/c16-12-15-17-13-6-2-3-7-14(13)19(15)11-10-18-8-4-1-5-9-18/h2-3,6-7H,1,4-5,8-12,16H2. The zero-order valence-corrected chi connectivity index (χ0v) is 11.4. The molecule has 0 amide bonds. The molecule has 1 aromatic carbocycles. The van der Waals surface area contributed by atoms with Crippen LogP contribution in [0.4, 0.5) is 0 Å². The van der Waals surface area contributed by atoms with E-state index >= 15 is 0 Å². The van der Waals surface area contributed by atoms with Crippen molar-refractivity contribution >= 4 is 11.0 Å². The van der Waals surface area contributed by atoms with Gasteiger partial charge in [-0.25, -0.2) is 4.98 Å². The molecule has 4 nitrogen and oxygen atoms in total. The minimum Gasteiger partial charge on any atom is -0.326 e. The predicted octanol–water partition coefficient (Wildman–Crippen LogP) is 1.98. The quantitative estimate of drug-likeness (QED) is 0.912. The van der Waals surface area contributed by atoms with Crippen molar-refractivity contribution in [1.82, 2.24) is 14.5 Å². The van der Waals surface area contributed by atoms with Crippen LogP contribution in [0.25, 0.3) is 11.0 Å². The van der Waals surface area contributed by atoms with Crippen LogP contribution in [0.2, 0.25) is 0 Å². The third kappa shape index (κ3) is 2.65. The van der Waals surface area contributed by atoms with Gasteiger partial charge in [-0.15, -0.1) is 0 Å². The Morgan fingerprint density at radius 2 is 1.84 bits per heavy atom. The first-order chi connectivity index (χ1) is 9.38. The lowest BCUT2D eigenvalue weighted by Crippen LogP contribution is -2.32. The number of para-hydroxylation sites is 2. The minimum absolute atomic E-state index is 0.509. The SMILES string of the molecule is NCc1nc2ccccc2n1CCN1CCCCC1. The molecule has 19 heavy (non-hydrogen) atoms. The van der Waals surface area contributed by atoms with Crippen molar-refractivity contribution in [1.29, 1.82) is 0 Å². The molecule has 2 N–H and O–H groups in total. The molecule has 1 saturated heterocycles. The molecule has 1 aromatic heterocycles. The van der Waals surface area contributed by atoms with Gasteiger partial charge in [0.1, 0.15) is 5.82 Å². The summed E-state index contributed by atoms with van der Waals surface area (Å²) in [4.78, 5) is 7.17. The fraction of sp³-hybridized carbons (Fsp3) is 0.533. The average molecular weight is 258 g/mol. The van der Waals surface area contributed by atoms with Crippen LogP contribution in [-0.4, -0.2) is 34.1 Å². The topological polar surface area (TPSA) is 47.1 Å². The van der Waals surface area contributed by atoms with E-state index in [0.29, 0.717) is 6.54 Å². The second-order valence-electron chi connectivity index (χ2n) is 5.27. The van der Waals surface area contributed by atoms with Gasteiger partial charge in [-0.1, -0.05) is 18.6 Å². The number of nitrogens with two attached hydrogens (primary N) is 1. The van der Waals surface area contributed by atoms with E-state index in [-0.39, 0.29) is 0 Å². The number of hydrogen-bond donors (Lipinski definition) is 1. The van der Waals surface area contributed by atoms with Gasteiger partial charge in [0.25, 0.3) is 0 Å². The van der Waals surface area contributed by atoms with Crippen molar-refractivity contribution in [2.45, 2.75) is 32.4 Å². The second kappa shape index (κ2) is 5.72. The first-order valence-electron chi connectivity index (χ1n) is 7.25. The highest BCUT2D eigenvalue weighted by atomic mass is 15.2. The maximum atomic E-state index is 5.83. The summed E-state index contributed by atoms with van der Waals surface area (Å²) in [5.41, 5.74) is 8.09. The number of nitrogens with zero attached hydrogens (tertiary/aromatic N) is 3. The van der Waals surface area contributed by atoms with Gasteiger partial charge in [0.05, 0.1) is 17.6 Å². The Labute approximate surface area is 114 Å². The first-order valence-corrected chi connectivity index (χ1v) is 7.25. The second-order valence-corrected chi connectivity index (χ2v) is 5.27. The molecular formula is C15H22N4. The van der Waals surface area contributed by atoms with Crippen LogP contribution >= 0.6 is 0 Å². The van der Waals surface area contributed by atoms with E-state index in [4.69, 9.17) is 5.73 Å². The van der Waals surface area contributed by atoms with E-state index in [1.807, 2.05) is 6.07 Å². The average Bonchev–Trinajstić information content (AvgIpc) is 2.84. The molecular weight excluding hydrogens is 236 g/mol. The molecule has 4 heteroatoms. The van der Waals surface area contributed by atoms with E-state index in [0.717, 1.165) is 24.4 Å². The van der Waals surface area contributed by atoms with E-state index < -0.39 is 0 Å². The Morgan fingerprint density at radius 3 is 2.63 bits per heavy atom. The Morgan fingerprint density at radius 1 is 1.05 bits per heavy atom. The fourth-order valence-electron chi connectivity index (χ4n) is 2.96. The number of rotatable bonds is 4. The van der Waals surface area contributed by atoms with Crippen LogP contribution in [0.5, 0.6) is 0 Å². The lowest BCUT2D eigenvalue weighted by molar-refractivity contribution is 0.221. The zero-order valence-electron chi connectivity index (χ0n) is 11.4. The van der Waals surface area contributed by atoms with Crippen LogP contribution < -0.4 is 5.73 Å². The summed E-state index contributed by atoms with van der Waals surface area (Å²) in [5.74, 6) is 0.998. The lowest BCUT2D eigenvalue weighted by Gasteiger charge is -2.26. The molecule has 1 aliphatic heterocycles. The number of aromatic nitrogens is 2. The van der Waals surface area contributed by atoms with Crippen molar-refractivity contribution in [2.24, 2.45) is 5.73 Å². The Kier molecular flexibility index (Phi) is 3.80. The van der Waals surface area contributed by atoms with Crippen molar-refractivity contribution in [3.8, 4) is 0 Å². The molecule has 2 heterocycles. The third-order valence-electron chi connectivity index (χ3n) is 4.00. The fourth-order valence-corrected chi connectivity index (χ4v) is 2.96. The third-order valence-corrected chi connectivity index (χ3v) is 4.00. The minimum atomic E-state index is 0.509. The maximum absolute atomic E-state index is 5.83. The van der Waals surface area contributed by atoms with Crippen LogP contribution in [0, 0.1) is 0 Å². The monoisotopic (exact) mass is 258 g/mol. The molecule has 1 aliphatic rings. The molecule has 0 atom stereocenters. The highest BCUT2D eigenvalue weighted by molar-refractivity contribution is 5.75. The summed E-state index contributed by atoms with van der Waals surface area (Å²) in [6, 6.07) is 8.30. The molecule has 0 aliphatic carbocycles. The van der Waals surface area contributed by atoms with Crippen LogP contribution in [-0.2, 0) is 13.1 Å². The predicted molar refractivity (Wildman–Crippen MR) is 77.9 cm³/mol. The van der Waals surface area contributed by atoms with Gasteiger partial charge in [0, 0.05) is 13.1 Å². The van der Waals surface area contributed by atoms with E-state index in [1.165, 1.54) is 37.9 Å². The van der Waals surface area contributed by atoms with Crippen LogP contribution in [0.15, 0.2) is 24.3 Å². The molecule has 2 aromatic rings. The molecule has 3 rings (SSSR count). The van der Waals surface area contributed by atoms with E-state index in [1.54, 1.807) is 0 Å². The molecule has 0 bridgehead atoms. The number of benzene rings is 1. The lowest BCUT2D eigenvalue weighted by atomic mass is 10.1. The van der Waals surface area contributed by atoms with Crippen LogP contribution in [0.3, 0.4) is 0 Å². The summed E-state index contributed by atoms with van der Waals surface area (Å²) < 4.78 is 2.28. The van der Waals surface area contributed by atoms with Gasteiger partial charge in [-0.2, -0.15) is 0 Å². The van der Waals surface area contributed by atoms with Gasteiger partial charge in [-0.05, 0) is 38.1 Å². The van der Waals surface area contributed by atoms with Gasteiger partial charge in [0.2, 0.25) is 0 Å². The Hall–Kier alpha value is -1.39. The van der Waals surface area contributed by atoms with Gasteiger partial charge in [-0.3, -0.25) is 0 Å². The molecule has 0 unspecified atom stereocenters. The van der Waals surface area contributed by atoms with Crippen molar-refractivity contribution in [3.63, 3.8) is 0 Å². The van der Waals surface area contributed by atoms with Gasteiger partial charge >= 0.3 is 0 Å². The molecule has 0 saturated carbocycles. The van der Waals surface area contributed by atoms with E-state index in [2.05, 4.69) is 32.7 Å². The number of imidazole rings is 1. The molecule has 102 valence electrons. The Bertz CT molecular complexity index is 540. The van der Waals surface area contributed by atoms with Crippen molar-refractivity contribution in [2.75, 3.05) is 19.6 Å². The number of hydrogen-bond acceptors (Lipinski definition) is 3. The first kappa shape index (κ1) is 12.6. The van der Waals surface area contributed by atoms with Crippen molar-refractivity contribution in [3.05, 3.63) is 30.1 Å². The summed E-state index contributed by atoms with van der Waals surface area (Å²) in [7, 11) is 0. The van der Waals surface area contributed by atoms with E-state index in [9.17, 15) is 0 Å². The highest BCUT2D eigenvalue weighted by Gasteiger charge is 2.12. The number of likely N-dealkylation sites (tertiary alicyclic amines) is 1. The van der Waals surface area contributed by atoms with Gasteiger partial charge in [0.15, 0.2) is 0 Å². The number of piperidine rings is 1. The summed E-state index contributed by atoms with van der Waals surface area (Å²) in [6.07, 6.45) is 4.07. The summed E-state index contributed by atoms with van der Waals surface area (Å²) in [5, 5.41) is 0. The normalized spacial score (nSPS) is 17.1. The summed E-state index contributed by atoms with van der Waals surface area (Å²) >= 11 is 0. The smallest absolute Gasteiger partial charge is 0.123 e. The Balaban J connectivity index is 1.78. The maximum Gasteiger partial charge on any atom is 0.123 e. The molecule has 0 radical (unpaired) electrons. The van der Waals surface area contributed by atoms with Gasteiger partial charge < -0.3 is 15.2 Å². The zero-order chi connectivity index (χ0) is 13.1. The highest BCUT2D eigenvalue weighted by Crippen LogP contribution is 2.16. The summed E-state index contributed by atoms with van der Waals surface area (Å²) in [6.45, 7) is 5.09. The largest absolute Gasteiger partial charge is 0.326 e. The molecule has 0 spiro atoms. The van der Waals surface area contributed by atoms with Crippen molar-refractivity contribution < 1.29 is 0 Å². The molecule has 1 fully saturated rings. The number of fused-ring (bicyclic) bond motifs is 1.